The zero-order valence-corrected chi connectivity index (χ0v) is 10.6. The standard InChI is InChI=1S/C13H20N2O3/c1-15(7-3-2-4-8-16)10-5-6-12(14)11(9-10)13(17)18/h5-6,9,16H,2-4,7-8,14H2,1H3,(H,17,18). The Hall–Kier alpha value is -1.75. The fraction of sp³-hybridized carbons (Fsp3) is 0.462. The lowest BCUT2D eigenvalue weighted by atomic mass is 10.1. The normalized spacial score (nSPS) is 10.3. The summed E-state index contributed by atoms with van der Waals surface area (Å²) in [5, 5.41) is 17.7. The first-order valence-corrected chi connectivity index (χ1v) is 6.01. The number of carboxylic acid groups (broad SMARTS) is 1. The van der Waals surface area contributed by atoms with Gasteiger partial charge in [-0.25, -0.2) is 4.79 Å². The summed E-state index contributed by atoms with van der Waals surface area (Å²) in [6.45, 7) is 1.04. The van der Waals surface area contributed by atoms with Crippen LogP contribution < -0.4 is 10.6 Å². The molecule has 0 heterocycles. The quantitative estimate of drug-likeness (QED) is 0.506. The molecule has 0 radical (unpaired) electrons. The van der Waals surface area contributed by atoms with Crippen molar-refractivity contribution < 1.29 is 15.0 Å². The maximum absolute atomic E-state index is 11.0. The van der Waals surface area contributed by atoms with Crippen LogP contribution in [0.5, 0.6) is 0 Å². The summed E-state index contributed by atoms with van der Waals surface area (Å²) >= 11 is 0. The van der Waals surface area contributed by atoms with Gasteiger partial charge in [-0.05, 0) is 37.5 Å². The maximum atomic E-state index is 11.0. The second kappa shape index (κ2) is 6.86. The Morgan fingerprint density at radius 3 is 2.67 bits per heavy atom. The lowest BCUT2D eigenvalue weighted by molar-refractivity contribution is 0.0698. The number of nitrogens with two attached hydrogens (primary N) is 1. The number of hydrogen-bond acceptors (Lipinski definition) is 4. The third-order valence-corrected chi connectivity index (χ3v) is 2.86. The molecule has 0 saturated heterocycles. The number of nitrogens with zero attached hydrogens (tertiary/aromatic N) is 1. The molecule has 0 aliphatic rings. The third kappa shape index (κ3) is 3.92. The summed E-state index contributed by atoms with van der Waals surface area (Å²) in [6.07, 6.45) is 2.72. The minimum Gasteiger partial charge on any atom is -0.478 e. The van der Waals surface area contributed by atoms with Crippen molar-refractivity contribution in [3.8, 4) is 0 Å². The van der Waals surface area contributed by atoms with Crippen molar-refractivity contribution in [1.29, 1.82) is 0 Å². The number of aliphatic hydroxyl groups excluding tert-OH is 1. The van der Waals surface area contributed by atoms with Crippen LogP contribution in [0.2, 0.25) is 0 Å². The SMILES string of the molecule is CN(CCCCCO)c1ccc(N)c(C(=O)O)c1. The second-order valence-corrected chi connectivity index (χ2v) is 4.28. The number of hydrogen-bond donors (Lipinski definition) is 3. The van der Waals surface area contributed by atoms with Gasteiger partial charge in [0.1, 0.15) is 0 Å². The van der Waals surface area contributed by atoms with Crippen LogP contribution in [-0.4, -0.2) is 36.4 Å². The van der Waals surface area contributed by atoms with Gasteiger partial charge in [-0.2, -0.15) is 0 Å². The first-order valence-electron chi connectivity index (χ1n) is 6.01. The molecule has 0 aromatic heterocycles. The summed E-state index contributed by atoms with van der Waals surface area (Å²) in [5.41, 5.74) is 6.85. The first-order chi connectivity index (χ1) is 8.56. The Bertz CT molecular complexity index is 407. The Balaban J connectivity index is 2.65. The summed E-state index contributed by atoms with van der Waals surface area (Å²) in [5.74, 6) is -1.01. The van der Waals surface area contributed by atoms with Crippen LogP contribution in [0, 0.1) is 0 Å². The average Bonchev–Trinajstić information content (AvgIpc) is 2.34. The second-order valence-electron chi connectivity index (χ2n) is 4.28. The van der Waals surface area contributed by atoms with Crippen LogP contribution in [-0.2, 0) is 0 Å². The molecule has 0 saturated carbocycles. The van der Waals surface area contributed by atoms with Crippen LogP contribution >= 0.6 is 0 Å². The highest BCUT2D eigenvalue weighted by molar-refractivity contribution is 5.94. The largest absolute Gasteiger partial charge is 0.478 e. The van der Waals surface area contributed by atoms with Crippen molar-refractivity contribution in [2.24, 2.45) is 0 Å². The van der Waals surface area contributed by atoms with E-state index in [-0.39, 0.29) is 17.9 Å². The van der Waals surface area contributed by atoms with E-state index in [0.29, 0.717) is 0 Å². The van der Waals surface area contributed by atoms with Gasteiger partial charge in [0, 0.05) is 31.6 Å². The monoisotopic (exact) mass is 252 g/mol. The van der Waals surface area contributed by atoms with E-state index in [4.69, 9.17) is 15.9 Å². The van der Waals surface area contributed by atoms with Gasteiger partial charge in [0.15, 0.2) is 0 Å². The smallest absolute Gasteiger partial charge is 0.337 e. The van der Waals surface area contributed by atoms with Gasteiger partial charge < -0.3 is 20.8 Å². The minimum absolute atomic E-state index is 0.134. The van der Waals surface area contributed by atoms with Crippen LogP contribution in [0.15, 0.2) is 18.2 Å². The van der Waals surface area contributed by atoms with Gasteiger partial charge >= 0.3 is 5.97 Å². The molecule has 1 aromatic carbocycles. The molecule has 1 rings (SSSR count). The third-order valence-electron chi connectivity index (χ3n) is 2.86. The number of carbonyl (C=O) groups is 1. The van der Waals surface area contributed by atoms with Crippen molar-refractivity contribution in [3.05, 3.63) is 23.8 Å². The van der Waals surface area contributed by atoms with E-state index in [1.807, 2.05) is 18.0 Å². The van der Waals surface area contributed by atoms with Gasteiger partial charge in [0.05, 0.1) is 5.56 Å². The molecule has 0 atom stereocenters. The fourth-order valence-electron chi connectivity index (χ4n) is 1.73. The number of carboxylic acids is 1. The molecule has 0 aliphatic carbocycles. The molecule has 0 amide bonds. The molecule has 0 aliphatic heterocycles. The van der Waals surface area contributed by atoms with Crippen LogP contribution in [0.3, 0.4) is 0 Å². The highest BCUT2D eigenvalue weighted by Crippen LogP contribution is 2.20. The van der Waals surface area contributed by atoms with E-state index in [2.05, 4.69) is 0 Å². The molecule has 4 N–H and O–H groups in total. The van der Waals surface area contributed by atoms with Crippen LogP contribution in [0.4, 0.5) is 11.4 Å². The van der Waals surface area contributed by atoms with Crippen molar-refractivity contribution in [3.63, 3.8) is 0 Å². The fourth-order valence-corrected chi connectivity index (χ4v) is 1.73. The highest BCUT2D eigenvalue weighted by atomic mass is 16.4. The zero-order valence-electron chi connectivity index (χ0n) is 10.6. The number of benzene rings is 1. The highest BCUT2D eigenvalue weighted by Gasteiger charge is 2.10. The molecule has 1 aromatic rings. The van der Waals surface area contributed by atoms with Gasteiger partial charge in [-0.3, -0.25) is 0 Å². The minimum atomic E-state index is -1.01. The molecule has 5 heteroatoms. The Morgan fingerprint density at radius 2 is 2.06 bits per heavy atom. The van der Waals surface area contributed by atoms with Crippen molar-refractivity contribution >= 4 is 17.3 Å². The van der Waals surface area contributed by atoms with Crippen LogP contribution in [0.1, 0.15) is 29.6 Å². The number of rotatable bonds is 7. The van der Waals surface area contributed by atoms with E-state index < -0.39 is 5.97 Å². The summed E-state index contributed by atoms with van der Waals surface area (Å²) in [6, 6.07) is 5.01. The van der Waals surface area contributed by atoms with Crippen molar-refractivity contribution in [1.82, 2.24) is 0 Å². The molecule has 0 fully saturated rings. The molecule has 100 valence electrons. The maximum Gasteiger partial charge on any atom is 0.337 e. The lowest BCUT2D eigenvalue weighted by Crippen LogP contribution is -2.19. The molecule has 5 nitrogen and oxygen atoms in total. The summed E-state index contributed by atoms with van der Waals surface area (Å²) < 4.78 is 0. The molecule has 0 unspecified atom stereocenters. The predicted octanol–water partition coefficient (Wildman–Crippen LogP) is 1.57. The van der Waals surface area contributed by atoms with Gasteiger partial charge in [0.2, 0.25) is 0 Å². The number of aliphatic hydroxyl groups is 1. The topological polar surface area (TPSA) is 86.8 Å². The van der Waals surface area contributed by atoms with E-state index in [0.717, 1.165) is 31.5 Å². The van der Waals surface area contributed by atoms with Gasteiger partial charge in [-0.15, -0.1) is 0 Å². The Kier molecular flexibility index (Phi) is 5.45. The zero-order chi connectivity index (χ0) is 13.5. The molecular formula is C13H20N2O3. The lowest BCUT2D eigenvalue weighted by Gasteiger charge is -2.20. The molecule has 18 heavy (non-hydrogen) atoms. The number of anilines is 2. The van der Waals surface area contributed by atoms with E-state index in [1.165, 1.54) is 0 Å². The van der Waals surface area contributed by atoms with Crippen molar-refractivity contribution in [2.75, 3.05) is 30.8 Å². The Morgan fingerprint density at radius 1 is 1.33 bits per heavy atom. The molecule has 0 bridgehead atoms. The van der Waals surface area contributed by atoms with Crippen LogP contribution in [0.25, 0.3) is 0 Å². The Labute approximate surface area is 107 Å². The average molecular weight is 252 g/mol. The summed E-state index contributed by atoms with van der Waals surface area (Å²) in [4.78, 5) is 13.0. The number of unbranched alkanes of at least 4 members (excludes halogenated alkanes) is 2. The molecular weight excluding hydrogens is 232 g/mol. The van der Waals surface area contributed by atoms with Crippen molar-refractivity contribution in [2.45, 2.75) is 19.3 Å². The van der Waals surface area contributed by atoms with E-state index in [9.17, 15) is 4.79 Å². The van der Waals surface area contributed by atoms with Gasteiger partial charge in [0.25, 0.3) is 0 Å². The molecule has 0 spiro atoms. The predicted molar refractivity (Wildman–Crippen MR) is 72.0 cm³/mol. The van der Waals surface area contributed by atoms with E-state index in [1.54, 1.807) is 12.1 Å². The number of nitrogen functional groups attached to an aromatic ring is 1. The summed E-state index contributed by atoms with van der Waals surface area (Å²) in [7, 11) is 1.91. The van der Waals surface area contributed by atoms with Gasteiger partial charge in [-0.1, -0.05) is 0 Å². The number of aromatic carboxylic acids is 1. The van der Waals surface area contributed by atoms with E-state index >= 15 is 0 Å². The first kappa shape index (κ1) is 14.3.